The van der Waals surface area contributed by atoms with E-state index in [1.165, 1.54) is 5.69 Å². The maximum atomic E-state index is 11.9. The maximum Gasteiger partial charge on any atom is 0.315 e. The van der Waals surface area contributed by atoms with Crippen LogP contribution in [0.2, 0.25) is 0 Å². The largest absolute Gasteiger partial charge is 0.497 e. The molecule has 1 saturated heterocycles. The van der Waals surface area contributed by atoms with Crippen molar-refractivity contribution in [2.24, 2.45) is 5.92 Å². The van der Waals surface area contributed by atoms with Crippen molar-refractivity contribution in [3.8, 4) is 5.75 Å². The summed E-state index contributed by atoms with van der Waals surface area (Å²) in [6.07, 6.45) is 2.79. The first-order chi connectivity index (χ1) is 12.2. The van der Waals surface area contributed by atoms with Gasteiger partial charge in [0.05, 0.1) is 19.3 Å². The van der Waals surface area contributed by atoms with Crippen molar-refractivity contribution in [3.63, 3.8) is 0 Å². The number of hydrogen-bond acceptors (Lipinski definition) is 4. The lowest BCUT2D eigenvalue weighted by Crippen LogP contribution is -2.38. The van der Waals surface area contributed by atoms with Gasteiger partial charge in [0.1, 0.15) is 5.75 Å². The van der Waals surface area contributed by atoms with Crippen LogP contribution in [0.15, 0.2) is 48.7 Å². The van der Waals surface area contributed by atoms with Crippen LogP contribution in [-0.4, -0.2) is 37.8 Å². The van der Waals surface area contributed by atoms with Crippen molar-refractivity contribution in [3.05, 3.63) is 54.4 Å². The van der Waals surface area contributed by atoms with Gasteiger partial charge in [0, 0.05) is 37.6 Å². The molecule has 1 fully saturated rings. The Kier molecular flexibility index (Phi) is 5.72. The molecule has 6 nitrogen and oxygen atoms in total. The summed E-state index contributed by atoms with van der Waals surface area (Å²) in [5.74, 6) is 1.32. The molecule has 2 amide bonds. The first-order valence-corrected chi connectivity index (χ1v) is 8.55. The Balaban J connectivity index is 1.41. The van der Waals surface area contributed by atoms with Gasteiger partial charge in [-0.2, -0.15) is 0 Å². The van der Waals surface area contributed by atoms with Gasteiger partial charge >= 0.3 is 6.03 Å². The molecule has 25 heavy (non-hydrogen) atoms. The van der Waals surface area contributed by atoms with Crippen molar-refractivity contribution < 1.29 is 9.53 Å². The van der Waals surface area contributed by atoms with E-state index in [0.717, 1.165) is 31.0 Å². The number of benzene rings is 1. The second-order valence-electron chi connectivity index (χ2n) is 6.19. The second-order valence-corrected chi connectivity index (χ2v) is 6.19. The molecule has 0 saturated carbocycles. The van der Waals surface area contributed by atoms with Gasteiger partial charge in [-0.1, -0.05) is 12.1 Å². The van der Waals surface area contributed by atoms with Crippen LogP contribution in [0.25, 0.3) is 0 Å². The van der Waals surface area contributed by atoms with Gasteiger partial charge in [-0.15, -0.1) is 0 Å². The molecule has 1 aliphatic rings. The monoisotopic (exact) mass is 340 g/mol. The van der Waals surface area contributed by atoms with E-state index in [4.69, 9.17) is 4.74 Å². The molecule has 0 bridgehead atoms. The molecular weight excluding hydrogens is 316 g/mol. The zero-order chi connectivity index (χ0) is 17.5. The lowest BCUT2D eigenvalue weighted by molar-refractivity contribution is 0.239. The molecular formula is C19H24N4O2. The Labute approximate surface area is 148 Å². The van der Waals surface area contributed by atoms with Gasteiger partial charge in [0.15, 0.2) is 0 Å². The third kappa shape index (κ3) is 4.86. The molecule has 0 unspecified atom stereocenters. The first kappa shape index (κ1) is 17.1. The molecule has 0 aliphatic carbocycles. The number of urea groups is 1. The van der Waals surface area contributed by atoms with Gasteiger partial charge in [0.25, 0.3) is 0 Å². The molecule has 1 aromatic carbocycles. The summed E-state index contributed by atoms with van der Waals surface area (Å²) in [5.41, 5.74) is 2.02. The lowest BCUT2D eigenvalue weighted by Gasteiger charge is -2.19. The van der Waals surface area contributed by atoms with Crippen LogP contribution in [0.5, 0.6) is 5.75 Å². The van der Waals surface area contributed by atoms with Crippen molar-refractivity contribution in [2.75, 3.05) is 31.6 Å². The maximum absolute atomic E-state index is 11.9. The van der Waals surface area contributed by atoms with Crippen LogP contribution in [0.3, 0.4) is 0 Å². The minimum atomic E-state index is -0.148. The Bertz CT molecular complexity index is 693. The van der Waals surface area contributed by atoms with Gasteiger partial charge in [-0.3, -0.25) is 4.98 Å². The summed E-state index contributed by atoms with van der Waals surface area (Å²) in [7, 11) is 1.68. The highest BCUT2D eigenvalue weighted by atomic mass is 16.5. The summed E-state index contributed by atoms with van der Waals surface area (Å²) >= 11 is 0. The fourth-order valence-corrected chi connectivity index (χ4v) is 3.01. The Hall–Kier alpha value is -2.76. The average molecular weight is 340 g/mol. The van der Waals surface area contributed by atoms with E-state index in [-0.39, 0.29) is 6.03 Å². The summed E-state index contributed by atoms with van der Waals surface area (Å²) in [6, 6.07) is 13.6. The molecule has 1 aromatic heterocycles. The number of carbonyl (C=O) groups is 1. The average Bonchev–Trinajstić information content (AvgIpc) is 3.15. The van der Waals surface area contributed by atoms with Crippen molar-refractivity contribution >= 4 is 11.7 Å². The first-order valence-electron chi connectivity index (χ1n) is 8.55. The zero-order valence-electron chi connectivity index (χ0n) is 14.4. The molecule has 3 rings (SSSR count). The highest BCUT2D eigenvalue weighted by Gasteiger charge is 2.23. The van der Waals surface area contributed by atoms with E-state index in [0.29, 0.717) is 19.0 Å². The van der Waals surface area contributed by atoms with Crippen LogP contribution in [0, 0.1) is 5.92 Å². The second kappa shape index (κ2) is 8.37. The number of pyridine rings is 1. The van der Waals surface area contributed by atoms with E-state index < -0.39 is 0 Å². The highest BCUT2D eigenvalue weighted by Crippen LogP contribution is 2.26. The number of methoxy groups -OCH3 is 1. The SMILES string of the molecule is COc1cccc(N2CC[C@@H](CNC(=O)NCc3ccccn3)C2)c1. The van der Waals surface area contributed by atoms with E-state index >= 15 is 0 Å². The van der Waals surface area contributed by atoms with E-state index in [9.17, 15) is 4.79 Å². The zero-order valence-corrected chi connectivity index (χ0v) is 14.4. The summed E-state index contributed by atoms with van der Waals surface area (Å²) in [6.45, 7) is 3.05. The normalized spacial score (nSPS) is 16.5. The standard InChI is InChI=1S/C19H24N4O2/c1-25-18-7-4-6-17(11-18)23-10-8-15(14-23)12-21-19(24)22-13-16-5-2-3-9-20-16/h2-7,9,11,15H,8,10,12-14H2,1H3,(H2,21,22,24)/t15-/m0/s1. The predicted molar refractivity (Wildman–Crippen MR) is 97.8 cm³/mol. The minimum absolute atomic E-state index is 0.148. The number of hydrogen-bond donors (Lipinski definition) is 2. The Morgan fingerprint density at radius 2 is 2.20 bits per heavy atom. The fourth-order valence-electron chi connectivity index (χ4n) is 3.01. The van der Waals surface area contributed by atoms with Gasteiger partial charge in [-0.05, 0) is 36.6 Å². The Morgan fingerprint density at radius 3 is 3.00 bits per heavy atom. The summed E-state index contributed by atoms with van der Waals surface area (Å²) in [5, 5.41) is 5.80. The molecule has 2 N–H and O–H groups in total. The predicted octanol–water partition coefficient (Wildman–Crippen LogP) is 2.42. The highest BCUT2D eigenvalue weighted by molar-refractivity contribution is 5.73. The Morgan fingerprint density at radius 1 is 1.28 bits per heavy atom. The van der Waals surface area contributed by atoms with E-state index in [1.54, 1.807) is 13.3 Å². The number of ether oxygens (including phenoxy) is 1. The fraction of sp³-hybridized carbons (Fsp3) is 0.368. The molecule has 0 spiro atoms. The van der Waals surface area contributed by atoms with Crippen LogP contribution in [0.4, 0.5) is 10.5 Å². The van der Waals surface area contributed by atoms with Crippen molar-refractivity contribution in [1.29, 1.82) is 0 Å². The number of nitrogens with one attached hydrogen (secondary N) is 2. The summed E-state index contributed by atoms with van der Waals surface area (Å²) in [4.78, 5) is 18.4. The van der Waals surface area contributed by atoms with Crippen LogP contribution < -0.4 is 20.3 Å². The van der Waals surface area contributed by atoms with Crippen molar-refractivity contribution in [2.45, 2.75) is 13.0 Å². The number of aromatic nitrogens is 1. The molecule has 2 aromatic rings. The number of amides is 2. The minimum Gasteiger partial charge on any atom is -0.497 e. The molecule has 6 heteroatoms. The van der Waals surface area contributed by atoms with Gasteiger partial charge < -0.3 is 20.3 Å². The van der Waals surface area contributed by atoms with E-state index in [2.05, 4.69) is 32.7 Å². The topological polar surface area (TPSA) is 66.5 Å². The number of rotatable bonds is 6. The smallest absolute Gasteiger partial charge is 0.315 e. The quantitative estimate of drug-likeness (QED) is 0.847. The number of nitrogens with zero attached hydrogens (tertiary/aromatic N) is 2. The van der Waals surface area contributed by atoms with Gasteiger partial charge in [-0.25, -0.2) is 4.79 Å². The van der Waals surface area contributed by atoms with Crippen LogP contribution >= 0.6 is 0 Å². The molecule has 1 atom stereocenters. The lowest BCUT2D eigenvalue weighted by atomic mass is 10.1. The third-order valence-electron chi connectivity index (χ3n) is 4.41. The molecule has 2 heterocycles. The van der Waals surface area contributed by atoms with Crippen LogP contribution in [-0.2, 0) is 6.54 Å². The van der Waals surface area contributed by atoms with E-state index in [1.807, 2.05) is 30.3 Å². The molecule has 132 valence electrons. The summed E-state index contributed by atoms with van der Waals surface area (Å²) < 4.78 is 5.29. The number of carbonyl (C=O) groups excluding carboxylic acids is 1. The van der Waals surface area contributed by atoms with Gasteiger partial charge in [0.2, 0.25) is 0 Å². The number of anilines is 1. The molecule has 0 radical (unpaired) electrons. The molecule has 1 aliphatic heterocycles. The van der Waals surface area contributed by atoms with Crippen molar-refractivity contribution in [1.82, 2.24) is 15.6 Å². The third-order valence-corrected chi connectivity index (χ3v) is 4.41. The van der Waals surface area contributed by atoms with Crippen LogP contribution in [0.1, 0.15) is 12.1 Å².